The van der Waals surface area contributed by atoms with Crippen molar-refractivity contribution in [3.8, 4) is 5.75 Å². The Morgan fingerprint density at radius 2 is 2.25 bits per heavy atom. The summed E-state index contributed by atoms with van der Waals surface area (Å²) in [6, 6.07) is 1.80. The summed E-state index contributed by atoms with van der Waals surface area (Å²) in [6.07, 6.45) is 6.65. The molecule has 0 aromatic carbocycles. The SMILES string of the molecule is Cc1cc2c(c(=O)o1)C=C1CCCC[C@@H]1O2. The van der Waals surface area contributed by atoms with Gasteiger partial charge in [-0.25, -0.2) is 4.79 Å². The zero-order valence-electron chi connectivity index (χ0n) is 9.29. The molecule has 1 atom stereocenters. The molecule has 16 heavy (non-hydrogen) atoms. The van der Waals surface area contributed by atoms with Gasteiger partial charge in [-0.2, -0.15) is 0 Å². The van der Waals surface area contributed by atoms with Gasteiger partial charge in [-0.15, -0.1) is 0 Å². The molecule has 0 bridgehead atoms. The summed E-state index contributed by atoms with van der Waals surface area (Å²) in [5.74, 6) is 1.29. The lowest BCUT2D eigenvalue weighted by molar-refractivity contribution is 0.197. The third-order valence-electron chi connectivity index (χ3n) is 3.27. The van der Waals surface area contributed by atoms with Crippen molar-refractivity contribution in [2.24, 2.45) is 0 Å². The highest BCUT2D eigenvalue weighted by Gasteiger charge is 2.27. The van der Waals surface area contributed by atoms with Gasteiger partial charge in [-0.05, 0) is 44.3 Å². The maximum Gasteiger partial charge on any atom is 0.346 e. The molecule has 3 heteroatoms. The molecule has 84 valence electrons. The lowest BCUT2D eigenvalue weighted by Crippen LogP contribution is -2.27. The third-order valence-corrected chi connectivity index (χ3v) is 3.27. The first-order chi connectivity index (χ1) is 7.74. The van der Waals surface area contributed by atoms with E-state index in [1.54, 1.807) is 13.0 Å². The molecule has 1 saturated carbocycles. The average molecular weight is 218 g/mol. The van der Waals surface area contributed by atoms with Gasteiger partial charge in [-0.3, -0.25) is 0 Å². The van der Waals surface area contributed by atoms with Crippen LogP contribution in [0.1, 0.15) is 37.0 Å². The third kappa shape index (κ3) is 1.47. The monoisotopic (exact) mass is 218 g/mol. The van der Waals surface area contributed by atoms with E-state index in [9.17, 15) is 4.79 Å². The van der Waals surface area contributed by atoms with E-state index >= 15 is 0 Å². The lowest BCUT2D eigenvalue weighted by Gasteiger charge is -2.30. The molecule has 1 aliphatic carbocycles. The van der Waals surface area contributed by atoms with Crippen molar-refractivity contribution in [3.05, 3.63) is 33.4 Å². The first-order valence-corrected chi connectivity index (χ1v) is 5.76. The van der Waals surface area contributed by atoms with E-state index in [0.717, 1.165) is 12.8 Å². The minimum Gasteiger partial charge on any atom is -0.485 e. The number of rotatable bonds is 0. The predicted octanol–water partition coefficient (Wildman–Crippen LogP) is 2.67. The Balaban J connectivity index is 2.13. The topological polar surface area (TPSA) is 39.4 Å². The van der Waals surface area contributed by atoms with Crippen LogP contribution in [0.4, 0.5) is 0 Å². The van der Waals surface area contributed by atoms with Crippen LogP contribution >= 0.6 is 0 Å². The molecule has 0 radical (unpaired) electrons. The molecular formula is C13H14O3. The van der Waals surface area contributed by atoms with E-state index in [-0.39, 0.29) is 11.7 Å². The Labute approximate surface area is 93.7 Å². The minimum absolute atomic E-state index is 0.183. The molecule has 1 aromatic rings. The summed E-state index contributed by atoms with van der Waals surface area (Å²) < 4.78 is 10.9. The highest BCUT2D eigenvalue weighted by molar-refractivity contribution is 5.62. The van der Waals surface area contributed by atoms with Crippen molar-refractivity contribution in [3.63, 3.8) is 0 Å². The number of ether oxygens (including phenoxy) is 1. The van der Waals surface area contributed by atoms with Gasteiger partial charge in [0.15, 0.2) is 0 Å². The first-order valence-electron chi connectivity index (χ1n) is 5.76. The second-order valence-corrected chi connectivity index (χ2v) is 4.49. The Morgan fingerprint density at radius 1 is 1.38 bits per heavy atom. The van der Waals surface area contributed by atoms with Crippen molar-refractivity contribution in [1.29, 1.82) is 0 Å². The van der Waals surface area contributed by atoms with Gasteiger partial charge in [0.25, 0.3) is 0 Å². The molecular weight excluding hydrogens is 204 g/mol. The van der Waals surface area contributed by atoms with Crippen LogP contribution in [0, 0.1) is 6.92 Å². The fraction of sp³-hybridized carbons (Fsp3) is 0.462. The van der Waals surface area contributed by atoms with Crippen LogP contribution < -0.4 is 10.4 Å². The molecule has 0 spiro atoms. The van der Waals surface area contributed by atoms with Gasteiger partial charge in [-0.1, -0.05) is 0 Å². The molecule has 3 rings (SSSR count). The quantitative estimate of drug-likeness (QED) is 0.672. The van der Waals surface area contributed by atoms with Crippen molar-refractivity contribution >= 4 is 6.08 Å². The standard InChI is InChI=1S/C13H14O3/c1-8-6-12-10(13(14)15-8)7-9-4-2-3-5-11(9)16-12/h6-7,11H,2-5H2,1H3/t11-/m0/s1. The van der Waals surface area contributed by atoms with Gasteiger partial charge >= 0.3 is 5.63 Å². The maximum atomic E-state index is 11.7. The predicted molar refractivity (Wildman–Crippen MR) is 60.6 cm³/mol. The number of hydrogen-bond acceptors (Lipinski definition) is 3. The largest absolute Gasteiger partial charge is 0.485 e. The van der Waals surface area contributed by atoms with E-state index in [0.29, 0.717) is 17.1 Å². The van der Waals surface area contributed by atoms with Crippen molar-refractivity contribution in [1.82, 2.24) is 0 Å². The highest BCUT2D eigenvalue weighted by Crippen LogP contribution is 2.35. The number of fused-ring (bicyclic) bond motifs is 2. The zero-order chi connectivity index (χ0) is 11.1. The molecule has 2 aliphatic rings. The van der Waals surface area contributed by atoms with Gasteiger partial charge in [0.05, 0.1) is 0 Å². The van der Waals surface area contributed by atoms with Crippen LogP contribution in [0.15, 0.2) is 20.9 Å². The summed E-state index contributed by atoms with van der Waals surface area (Å²) in [4.78, 5) is 11.7. The van der Waals surface area contributed by atoms with Gasteiger partial charge in [0.1, 0.15) is 23.2 Å². The molecule has 1 fully saturated rings. The van der Waals surface area contributed by atoms with Gasteiger partial charge in [0.2, 0.25) is 0 Å². The Morgan fingerprint density at radius 3 is 3.12 bits per heavy atom. The van der Waals surface area contributed by atoms with E-state index in [4.69, 9.17) is 9.15 Å². The van der Waals surface area contributed by atoms with Crippen molar-refractivity contribution < 1.29 is 9.15 Å². The second-order valence-electron chi connectivity index (χ2n) is 4.49. The van der Waals surface area contributed by atoms with Gasteiger partial charge in [0, 0.05) is 6.07 Å². The summed E-state index contributed by atoms with van der Waals surface area (Å²) >= 11 is 0. The summed E-state index contributed by atoms with van der Waals surface area (Å²) in [7, 11) is 0. The van der Waals surface area contributed by atoms with E-state index in [1.165, 1.54) is 18.4 Å². The molecule has 1 aromatic heterocycles. The van der Waals surface area contributed by atoms with Crippen LogP contribution in [0.5, 0.6) is 5.75 Å². The van der Waals surface area contributed by atoms with E-state index in [1.807, 2.05) is 6.08 Å². The normalized spacial score (nSPS) is 22.8. The zero-order valence-corrected chi connectivity index (χ0v) is 9.29. The fourth-order valence-electron chi connectivity index (χ4n) is 2.46. The highest BCUT2D eigenvalue weighted by atomic mass is 16.5. The van der Waals surface area contributed by atoms with Crippen molar-refractivity contribution in [2.45, 2.75) is 38.7 Å². The number of hydrogen-bond donors (Lipinski definition) is 0. The molecule has 2 heterocycles. The van der Waals surface area contributed by atoms with Crippen molar-refractivity contribution in [2.75, 3.05) is 0 Å². The van der Waals surface area contributed by atoms with Crippen LogP contribution in [0.25, 0.3) is 6.08 Å². The fourth-order valence-corrected chi connectivity index (χ4v) is 2.46. The van der Waals surface area contributed by atoms with Crippen LogP contribution in [0.2, 0.25) is 0 Å². The van der Waals surface area contributed by atoms with Crippen LogP contribution in [0.3, 0.4) is 0 Å². The molecule has 0 saturated heterocycles. The maximum absolute atomic E-state index is 11.7. The second kappa shape index (κ2) is 3.51. The minimum atomic E-state index is -0.286. The number of aryl methyl sites for hydroxylation is 1. The molecule has 1 aliphatic heterocycles. The molecule has 3 nitrogen and oxygen atoms in total. The Kier molecular flexibility index (Phi) is 2.13. The molecule has 0 amide bonds. The van der Waals surface area contributed by atoms with Crippen LogP contribution in [-0.2, 0) is 0 Å². The van der Waals surface area contributed by atoms with Crippen LogP contribution in [-0.4, -0.2) is 6.10 Å². The Bertz CT molecular complexity index is 510. The lowest BCUT2D eigenvalue weighted by atomic mass is 9.89. The first kappa shape index (κ1) is 9.70. The Hall–Kier alpha value is -1.51. The van der Waals surface area contributed by atoms with E-state index < -0.39 is 0 Å². The summed E-state index contributed by atoms with van der Waals surface area (Å²) in [5, 5.41) is 0. The summed E-state index contributed by atoms with van der Waals surface area (Å²) in [5.41, 5.74) is 1.54. The van der Waals surface area contributed by atoms with E-state index in [2.05, 4.69) is 0 Å². The molecule has 0 N–H and O–H groups in total. The summed E-state index contributed by atoms with van der Waals surface area (Å²) in [6.45, 7) is 1.77. The molecule has 0 unspecified atom stereocenters. The van der Waals surface area contributed by atoms with Gasteiger partial charge < -0.3 is 9.15 Å². The average Bonchev–Trinajstić information content (AvgIpc) is 2.27. The smallest absolute Gasteiger partial charge is 0.346 e.